The van der Waals surface area contributed by atoms with Gasteiger partial charge in [0.1, 0.15) is 0 Å². The van der Waals surface area contributed by atoms with Crippen molar-refractivity contribution in [3.05, 3.63) is 64.6 Å². The van der Waals surface area contributed by atoms with Gasteiger partial charge in [-0.15, -0.1) is 0 Å². The Hall–Kier alpha value is -2.63. The van der Waals surface area contributed by atoms with Crippen LogP contribution in [0.25, 0.3) is 34.3 Å². The maximum atomic E-state index is 6.16. The normalized spacial score (nSPS) is 10.9. The lowest BCUT2D eigenvalue weighted by molar-refractivity contribution is 0.411. The van der Waals surface area contributed by atoms with E-state index in [0.717, 1.165) is 5.56 Å². The summed E-state index contributed by atoms with van der Waals surface area (Å²) >= 11 is 12.1. The van der Waals surface area contributed by atoms with Gasteiger partial charge in [0.25, 0.3) is 5.89 Å². The van der Waals surface area contributed by atoms with E-state index in [2.05, 4.69) is 15.3 Å². The van der Waals surface area contributed by atoms with Crippen molar-refractivity contribution in [2.45, 2.75) is 0 Å². The first-order valence-electron chi connectivity index (χ1n) is 7.02. The summed E-state index contributed by atoms with van der Waals surface area (Å²) in [6.45, 7) is 0. The van der Waals surface area contributed by atoms with Gasteiger partial charge in [0.2, 0.25) is 5.82 Å². The lowest BCUT2D eigenvalue weighted by Crippen LogP contribution is -1.83. The molecule has 0 spiro atoms. The summed E-state index contributed by atoms with van der Waals surface area (Å²) in [4.78, 5) is 4.32. The van der Waals surface area contributed by atoms with Gasteiger partial charge in [0.05, 0.1) is 5.02 Å². The zero-order chi connectivity index (χ0) is 16.5. The Labute approximate surface area is 146 Å². The monoisotopic (exact) mass is 357 g/mol. The summed E-state index contributed by atoms with van der Waals surface area (Å²) in [5.74, 6) is 1.23. The maximum Gasteiger partial charge on any atom is 0.280 e. The molecule has 0 amide bonds. The molecule has 0 aliphatic heterocycles. The minimum absolute atomic E-state index is 0.252. The SMILES string of the molecule is Clc1ccc(-c2noc(-c3cc(-c4ccccc4)on3)n2)c(Cl)c1. The molecule has 118 valence electrons. The Morgan fingerprint density at radius 2 is 1.67 bits per heavy atom. The molecular formula is C17H9Cl2N3O2. The van der Waals surface area contributed by atoms with Gasteiger partial charge in [-0.25, -0.2) is 0 Å². The van der Waals surface area contributed by atoms with Gasteiger partial charge in [-0.05, 0) is 18.2 Å². The Morgan fingerprint density at radius 3 is 2.46 bits per heavy atom. The smallest absolute Gasteiger partial charge is 0.280 e. The summed E-state index contributed by atoms with van der Waals surface area (Å²) in [5.41, 5.74) is 2.00. The molecule has 2 aromatic carbocycles. The van der Waals surface area contributed by atoms with E-state index >= 15 is 0 Å². The van der Waals surface area contributed by atoms with Crippen LogP contribution in [0.3, 0.4) is 0 Å². The van der Waals surface area contributed by atoms with Crippen LogP contribution >= 0.6 is 23.2 Å². The van der Waals surface area contributed by atoms with Crippen molar-refractivity contribution in [1.82, 2.24) is 15.3 Å². The molecule has 2 heterocycles. The zero-order valence-electron chi connectivity index (χ0n) is 12.1. The zero-order valence-corrected chi connectivity index (χ0v) is 13.6. The Kier molecular flexibility index (Phi) is 3.80. The highest BCUT2D eigenvalue weighted by Gasteiger charge is 2.17. The molecule has 0 aliphatic carbocycles. The van der Waals surface area contributed by atoms with Crippen molar-refractivity contribution in [3.63, 3.8) is 0 Å². The fraction of sp³-hybridized carbons (Fsp3) is 0. The van der Waals surface area contributed by atoms with E-state index < -0.39 is 0 Å². The number of nitrogens with zero attached hydrogens (tertiary/aromatic N) is 3. The van der Waals surface area contributed by atoms with Gasteiger partial charge >= 0.3 is 0 Å². The molecule has 2 aromatic heterocycles. The van der Waals surface area contributed by atoms with E-state index in [1.165, 1.54) is 0 Å². The van der Waals surface area contributed by atoms with Crippen LogP contribution in [0.5, 0.6) is 0 Å². The van der Waals surface area contributed by atoms with Crippen molar-refractivity contribution < 1.29 is 9.05 Å². The predicted octanol–water partition coefficient (Wildman–Crippen LogP) is 5.37. The molecule has 0 aliphatic rings. The Balaban J connectivity index is 1.67. The summed E-state index contributed by atoms with van der Waals surface area (Å²) in [6.07, 6.45) is 0. The second kappa shape index (κ2) is 6.11. The van der Waals surface area contributed by atoms with Gasteiger partial charge in [0.15, 0.2) is 11.5 Å². The van der Waals surface area contributed by atoms with Crippen molar-refractivity contribution >= 4 is 23.2 Å². The molecule has 0 bridgehead atoms. The molecular weight excluding hydrogens is 349 g/mol. The molecule has 0 atom stereocenters. The molecule has 0 fully saturated rings. The number of hydrogen-bond donors (Lipinski definition) is 0. The largest absolute Gasteiger partial charge is 0.355 e. The van der Waals surface area contributed by atoms with E-state index in [9.17, 15) is 0 Å². The molecule has 24 heavy (non-hydrogen) atoms. The number of hydrogen-bond acceptors (Lipinski definition) is 5. The van der Waals surface area contributed by atoms with Crippen LogP contribution in [-0.4, -0.2) is 15.3 Å². The van der Waals surface area contributed by atoms with Crippen LogP contribution in [0.2, 0.25) is 10.0 Å². The summed E-state index contributed by atoms with van der Waals surface area (Å²) < 4.78 is 10.6. The molecule has 0 N–H and O–H groups in total. The summed E-state index contributed by atoms with van der Waals surface area (Å²) in [7, 11) is 0. The lowest BCUT2D eigenvalue weighted by atomic mass is 10.1. The Bertz CT molecular complexity index is 996. The third-order valence-electron chi connectivity index (χ3n) is 3.39. The molecule has 0 radical (unpaired) electrons. The third kappa shape index (κ3) is 2.79. The molecule has 0 saturated carbocycles. The van der Waals surface area contributed by atoms with Crippen LogP contribution in [-0.2, 0) is 0 Å². The molecule has 7 heteroatoms. The molecule has 4 aromatic rings. The van der Waals surface area contributed by atoms with Gasteiger partial charge in [-0.3, -0.25) is 0 Å². The highest BCUT2D eigenvalue weighted by Crippen LogP contribution is 2.30. The van der Waals surface area contributed by atoms with Crippen molar-refractivity contribution in [3.8, 4) is 34.3 Å². The molecule has 0 saturated heterocycles. The predicted molar refractivity (Wildman–Crippen MR) is 90.7 cm³/mol. The number of aromatic nitrogens is 3. The van der Waals surface area contributed by atoms with E-state index in [1.807, 2.05) is 30.3 Å². The standard InChI is InChI=1S/C17H9Cl2N3O2/c18-11-6-7-12(13(19)8-11)16-20-17(24-22-16)14-9-15(23-21-14)10-4-2-1-3-5-10/h1-9H. The van der Waals surface area contributed by atoms with Gasteiger partial charge in [-0.2, -0.15) is 4.98 Å². The van der Waals surface area contributed by atoms with Crippen LogP contribution in [0.4, 0.5) is 0 Å². The van der Waals surface area contributed by atoms with Gasteiger partial charge < -0.3 is 9.05 Å². The topological polar surface area (TPSA) is 65.0 Å². The van der Waals surface area contributed by atoms with E-state index in [-0.39, 0.29) is 5.89 Å². The summed E-state index contributed by atoms with van der Waals surface area (Å²) in [5, 5.41) is 8.90. The average molecular weight is 358 g/mol. The van der Waals surface area contributed by atoms with Gasteiger partial charge in [0, 0.05) is 22.2 Å². The maximum absolute atomic E-state index is 6.16. The number of halogens is 2. The molecule has 0 unspecified atom stereocenters. The van der Waals surface area contributed by atoms with E-state index in [4.69, 9.17) is 32.2 Å². The second-order valence-corrected chi connectivity index (χ2v) is 5.83. The summed E-state index contributed by atoms with van der Waals surface area (Å²) in [6, 6.07) is 16.4. The second-order valence-electron chi connectivity index (χ2n) is 4.99. The van der Waals surface area contributed by atoms with Gasteiger partial charge in [-0.1, -0.05) is 63.8 Å². The van der Waals surface area contributed by atoms with Crippen molar-refractivity contribution in [1.29, 1.82) is 0 Å². The minimum Gasteiger partial charge on any atom is -0.355 e. The fourth-order valence-electron chi connectivity index (χ4n) is 2.22. The Morgan fingerprint density at radius 1 is 0.833 bits per heavy atom. The van der Waals surface area contributed by atoms with Crippen LogP contribution in [0.1, 0.15) is 0 Å². The first-order chi connectivity index (χ1) is 11.7. The third-order valence-corrected chi connectivity index (χ3v) is 3.93. The number of rotatable bonds is 3. The average Bonchev–Trinajstić information content (AvgIpc) is 3.25. The van der Waals surface area contributed by atoms with Crippen molar-refractivity contribution in [2.75, 3.05) is 0 Å². The van der Waals surface area contributed by atoms with E-state index in [0.29, 0.717) is 32.9 Å². The van der Waals surface area contributed by atoms with Crippen LogP contribution in [0.15, 0.2) is 63.6 Å². The van der Waals surface area contributed by atoms with E-state index in [1.54, 1.807) is 24.3 Å². The molecule has 5 nitrogen and oxygen atoms in total. The highest BCUT2D eigenvalue weighted by molar-refractivity contribution is 6.36. The van der Waals surface area contributed by atoms with Crippen LogP contribution < -0.4 is 0 Å². The van der Waals surface area contributed by atoms with Crippen LogP contribution in [0, 0.1) is 0 Å². The highest BCUT2D eigenvalue weighted by atomic mass is 35.5. The first kappa shape index (κ1) is 14.9. The lowest BCUT2D eigenvalue weighted by Gasteiger charge is -1.98. The quantitative estimate of drug-likeness (QED) is 0.493. The van der Waals surface area contributed by atoms with Crippen molar-refractivity contribution in [2.24, 2.45) is 0 Å². The molecule has 4 rings (SSSR count). The fourth-order valence-corrected chi connectivity index (χ4v) is 2.72. The minimum atomic E-state index is 0.252. The first-order valence-corrected chi connectivity index (χ1v) is 7.78. The number of benzene rings is 2.